The first-order valence-corrected chi connectivity index (χ1v) is 8.30. The van der Waals surface area contributed by atoms with E-state index in [1.54, 1.807) is 28.4 Å². The molecule has 6 heteroatoms. The molecule has 0 radical (unpaired) electrons. The first-order valence-electron chi connectivity index (χ1n) is 8.30. The number of aliphatic hydroxyl groups is 1. The smallest absolute Gasteiger partial charge is 0.161 e. The first kappa shape index (κ1) is 18.1. The number of aliphatic imine (C=N–C) groups is 1. The first-order chi connectivity index (χ1) is 12.6. The van der Waals surface area contributed by atoms with Crippen molar-refractivity contribution < 1.29 is 24.1 Å². The summed E-state index contributed by atoms with van der Waals surface area (Å²) in [6.45, 7) is -0.0294. The molecule has 0 aromatic heterocycles. The number of hydrogen-bond donors (Lipinski definition) is 1. The molecular formula is C20H23NO5. The molecule has 1 aliphatic heterocycles. The van der Waals surface area contributed by atoms with Gasteiger partial charge in [-0.1, -0.05) is 0 Å². The monoisotopic (exact) mass is 357 g/mol. The minimum Gasteiger partial charge on any atom is -0.497 e. The van der Waals surface area contributed by atoms with Crippen LogP contribution in [0.25, 0.3) is 0 Å². The van der Waals surface area contributed by atoms with Crippen molar-refractivity contribution in [2.75, 3.05) is 35.0 Å². The fourth-order valence-corrected chi connectivity index (χ4v) is 3.14. The predicted molar refractivity (Wildman–Crippen MR) is 99.3 cm³/mol. The molecule has 1 aliphatic rings. The lowest BCUT2D eigenvalue weighted by Gasteiger charge is -2.24. The van der Waals surface area contributed by atoms with Crippen molar-refractivity contribution in [3.63, 3.8) is 0 Å². The number of hydrogen-bond acceptors (Lipinski definition) is 6. The van der Waals surface area contributed by atoms with E-state index in [-0.39, 0.29) is 12.6 Å². The van der Waals surface area contributed by atoms with Crippen LogP contribution in [-0.4, -0.2) is 51.9 Å². The summed E-state index contributed by atoms with van der Waals surface area (Å²) < 4.78 is 21.6. The summed E-state index contributed by atoms with van der Waals surface area (Å²) in [5.41, 5.74) is 3.62. The number of ether oxygens (including phenoxy) is 4. The van der Waals surface area contributed by atoms with Gasteiger partial charge in [0.2, 0.25) is 0 Å². The molecule has 1 N–H and O–H groups in total. The maximum absolute atomic E-state index is 9.70. The zero-order chi connectivity index (χ0) is 18.7. The molecule has 1 heterocycles. The molecule has 138 valence electrons. The number of benzene rings is 2. The van der Waals surface area contributed by atoms with Gasteiger partial charge < -0.3 is 24.1 Å². The Balaban J connectivity index is 2.19. The minimum absolute atomic E-state index is 0.0294. The molecule has 0 aliphatic carbocycles. The Morgan fingerprint density at radius 3 is 2.04 bits per heavy atom. The topological polar surface area (TPSA) is 69.5 Å². The number of fused-ring (bicyclic) bond motifs is 1. The van der Waals surface area contributed by atoms with Gasteiger partial charge in [-0.3, -0.25) is 4.99 Å². The second kappa shape index (κ2) is 7.66. The van der Waals surface area contributed by atoms with Crippen LogP contribution in [-0.2, 0) is 6.42 Å². The maximum Gasteiger partial charge on any atom is 0.161 e. The average molecular weight is 357 g/mol. The fourth-order valence-electron chi connectivity index (χ4n) is 3.14. The molecule has 2 aromatic carbocycles. The van der Waals surface area contributed by atoms with Crippen LogP contribution in [0.15, 0.2) is 35.3 Å². The quantitative estimate of drug-likeness (QED) is 0.860. The normalized spacial score (nSPS) is 15.7. The zero-order valence-electron chi connectivity index (χ0n) is 15.4. The summed E-state index contributed by atoms with van der Waals surface area (Å²) in [5, 5.41) is 9.70. The van der Waals surface area contributed by atoms with Crippen molar-refractivity contribution in [3.05, 3.63) is 47.0 Å². The molecule has 0 bridgehead atoms. The van der Waals surface area contributed by atoms with E-state index >= 15 is 0 Å². The molecule has 1 atom stereocenters. The summed E-state index contributed by atoms with van der Waals surface area (Å²) in [6, 6.07) is 9.28. The van der Waals surface area contributed by atoms with Crippen LogP contribution in [0.5, 0.6) is 23.0 Å². The summed E-state index contributed by atoms with van der Waals surface area (Å²) in [7, 11) is 6.44. The van der Waals surface area contributed by atoms with Crippen molar-refractivity contribution >= 4 is 5.71 Å². The van der Waals surface area contributed by atoms with E-state index in [1.807, 2.05) is 30.3 Å². The Hall–Kier alpha value is -2.73. The number of aliphatic hydroxyl groups excluding tert-OH is 1. The second-order valence-corrected chi connectivity index (χ2v) is 5.98. The van der Waals surface area contributed by atoms with Crippen LogP contribution in [0.1, 0.15) is 16.7 Å². The summed E-state index contributed by atoms with van der Waals surface area (Å²) in [4.78, 5) is 4.75. The molecule has 0 saturated heterocycles. The van der Waals surface area contributed by atoms with Gasteiger partial charge in [-0.05, 0) is 36.2 Å². The van der Waals surface area contributed by atoms with Crippen molar-refractivity contribution in [2.45, 2.75) is 12.5 Å². The van der Waals surface area contributed by atoms with Crippen LogP contribution in [0.2, 0.25) is 0 Å². The third-order valence-corrected chi connectivity index (χ3v) is 4.47. The van der Waals surface area contributed by atoms with Gasteiger partial charge in [-0.25, -0.2) is 0 Å². The summed E-state index contributed by atoms with van der Waals surface area (Å²) >= 11 is 0. The van der Waals surface area contributed by atoms with Gasteiger partial charge in [0.15, 0.2) is 11.5 Å². The van der Waals surface area contributed by atoms with Crippen LogP contribution >= 0.6 is 0 Å². The van der Waals surface area contributed by atoms with Gasteiger partial charge in [0.05, 0.1) is 46.8 Å². The highest BCUT2D eigenvalue weighted by Gasteiger charge is 2.25. The lowest BCUT2D eigenvalue weighted by atomic mass is 9.89. The lowest BCUT2D eigenvalue weighted by Crippen LogP contribution is -2.24. The third-order valence-electron chi connectivity index (χ3n) is 4.47. The Kier molecular flexibility index (Phi) is 5.32. The Morgan fingerprint density at radius 2 is 1.50 bits per heavy atom. The summed E-state index contributed by atoms with van der Waals surface area (Å²) in [5.74, 6) is 2.65. The molecule has 0 fully saturated rings. The van der Waals surface area contributed by atoms with Crippen molar-refractivity contribution in [2.24, 2.45) is 4.99 Å². The standard InChI is InChI=1S/C20H23NO5/c1-23-15-6-13(7-16(9-15)24-2)20-17-10-19(26-4)18(25-3)8-12(17)5-14(11-22)21-20/h6-10,14,22H,5,11H2,1-4H3/t14-/m1/s1. The number of methoxy groups -OCH3 is 4. The molecule has 2 aromatic rings. The maximum atomic E-state index is 9.70. The molecular weight excluding hydrogens is 334 g/mol. The van der Waals surface area contributed by atoms with Gasteiger partial charge in [0, 0.05) is 17.2 Å². The average Bonchev–Trinajstić information content (AvgIpc) is 2.71. The third kappa shape index (κ3) is 3.32. The molecule has 0 saturated carbocycles. The largest absolute Gasteiger partial charge is 0.497 e. The van der Waals surface area contributed by atoms with Crippen LogP contribution in [0, 0.1) is 0 Å². The SMILES string of the molecule is COc1cc(OC)cc(C2=N[C@@H](CO)Cc3cc(OC)c(OC)cc32)c1. The molecule has 26 heavy (non-hydrogen) atoms. The molecule has 0 amide bonds. The Bertz CT molecular complexity index is 809. The predicted octanol–water partition coefficient (Wildman–Crippen LogP) is 2.48. The minimum atomic E-state index is -0.215. The van der Waals surface area contributed by atoms with E-state index in [2.05, 4.69) is 0 Å². The number of nitrogens with zero attached hydrogens (tertiary/aromatic N) is 1. The lowest BCUT2D eigenvalue weighted by molar-refractivity contribution is 0.265. The van der Waals surface area contributed by atoms with E-state index in [4.69, 9.17) is 23.9 Å². The second-order valence-electron chi connectivity index (χ2n) is 5.98. The van der Waals surface area contributed by atoms with Gasteiger partial charge in [0.1, 0.15) is 11.5 Å². The van der Waals surface area contributed by atoms with E-state index in [1.165, 1.54) is 0 Å². The Morgan fingerprint density at radius 1 is 0.885 bits per heavy atom. The van der Waals surface area contributed by atoms with Crippen LogP contribution in [0.4, 0.5) is 0 Å². The van der Waals surface area contributed by atoms with Crippen LogP contribution in [0.3, 0.4) is 0 Å². The highest BCUT2D eigenvalue weighted by molar-refractivity contribution is 6.15. The zero-order valence-corrected chi connectivity index (χ0v) is 15.4. The molecule has 6 nitrogen and oxygen atoms in total. The molecule has 0 unspecified atom stereocenters. The van der Waals surface area contributed by atoms with Crippen molar-refractivity contribution in [3.8, 4) is 23.0 Å². The van der Waals surface area contributed by atoms with Gasteiger partial charge in [-0.2, -0.15) is 0 Å². The summed E-state index contributed by atoms with van der Waals surface area (Å²) in [6.07, 6.45) is 0.636. The number of rotatable bonds is 6. The van der Waals surface area contributed by atoms with E-state index < -0.39 is 0 Å². The van der Waals surface area contributed by atoms with Gasteiger partial charge in [0.25, 0.3) is 0 Å². The highest BCUT2D eigenvalue weighted by Crippen LogP contribution is 2.36. The van der Waals surface area contributed by atoms with Gasteiger partial charge >= 0.3 is 0 Å². The van der Waals surface area contributed by atoms with E-state index in [9.17, 15) is 5.11 Å². The van der Waals surface area contributed by atoms with Crippen molar-refractivity contribution in [1.82, 2.24) is 0 Å². The molecule has 0 spiro atoms. The van der Waals surface area contributed by atoms with Crippen LogP contribution < -0.4 is 18.9 Å². The van der Waals surface area contributed by atoms with Gasteiger partial charge in [-0.15, -0.1) is 0 Å². The fraction of sp³-hybridized carbons (Fsp3) is 0.350. The van der Waals surface area contributed by atoms with Crippen molar-refractivity contribution in [1.29, 1.82) is 0 Å². The van der Waals surface area contributed by atoms with E-state index in [0.29, 0.717) is 29.4 Å². The Labute approximate surface area is 153 Å². The highest BCUT2D eigenvalue weighted by atomic mass is 16.5. The molecule has 3 rings (SSSR count). The van der Waals surface area contributed by atoms with E-state index in [0.717, 1.165) is 22.4 Å².